The van der Waals surface area contributed by atoms with Crippen LogP contribution in [0.1, 0.15) is 24.5 Å². The number of anilines is 2. The number of benzene rings is 2. The van der Waals surface area contributed by atoms with Gasteiger partial charge in [-0.25, -0.2) is 0 Å². The van der Waals surface area contributed by atoms with Crippen LogP contribution in [0.25, 0.3) is 5.70 Å². The zero-order chi connectivity index (χ0) is 14.2. The molecule has 0 fully saturated rings. The standard InChI is InChI=1S/C19H20N2/c1-14-13-21-12-6-8-15-7-5-11-17(19(15)21)18(14)20-16-9-3-2-4-10-16/h2-5,7,9-11,20H,6,8,12-13H2,1H3. The summed E-state index contributed by atoms with van der Waals surface area (Å²) in [6.45, 7) is 4.47. The highest BCUT2D eigenvalue weighted by atomic mass is 15.2. The van der Waals surface area contributed by atoms with Gasteiger partial charge in [0, 0.05) is 35.7 Å². The van der Waals surface area contributed by atoms with Gasteiger partial charge in [-0.05, 0) is 43.0 Å². The van der Waals surface area contributed by atoms with Crippen molar-refractivity contribution in [3.05, 3.63) is 65.2 Å². The minimum atomic E-state index is 1.04. The van der Waals surface area contributed by atoms with Crippen molar-refractivity contribution in [2.45, 2.75) is 19.8 Å². The summed E-state index contributed by atoms with van der Waals surface area (Å²) in [5.74, 6) is 0. The van der Waals surface area contributed by atoms with Gasteiger partial charge in [0.1, 0.15) is 0 Å². The molecule has 1 N–H and O–H groups in total. The molecule has 0 saturated carbocycles. The van der Waals surface area contributed by atoms with Crippen molar-refractivity contribution in [3.63, 3.8) is 0 Å². The maximum atomic E-state index is 3.64. The molecule has 0 bridgehead atoms. The van der Waals surface area contributed by atoms with Crippen LogP contribution >= 0.6 is 0 Å². The van der Waals surface area contributed by atoms with Crippen LogP contribution in [0.15, 0.2) is 54.1 Å². The Kier molecular flexibility index (Phi) is 2.95. The molecule has 0 saturated heterocycles. The third kappa shape index (κ3) is 2.11. The van der Waals surface area contributed by atoms with E-state index in [1.165, 1.54) is 47.5 Å². The first-order valence-electron chi connectivity index (χ1n) is 7.72. The number of nitrogens with one attached hydrogen (secondary N) is 1. The van der Waals surface area contributed by atoms with Gasteiger partial charge in [-0.15, -0.1) is 0 Å². The van der Waals surface area contributed by atoms with Crippen molar-refractivity contribution in [2.24, 2.45) is 0 Å². The second-order valence-electron chi connectivity index (χ2n) is 5.98. The predicted molar refractivity (Wildman–Crippen MR) is 89.6 cm³/mol. The zero-order valence-corrected chi connectivity index (χ0v) is 12.4. The molecule has 0 amide bonds. The minimum absolute atomic E-state index is 1.04. The molecular formula is C19H20N2. The molecule has 2 nitrogen and oxygen atoms in total. The number of hydrogen-bond acceptors (Lipinski definition) is 2. The average Bonchev–Trinajstić information content (AvgIpc) is 2.52. The Morgan fingerprint density at radius 1 is 1.00 bits per heavy atom. The molecule has 0 radical (unpaired) electrons. The highest BCUT2D eigenvalue weighted by molar-refractivity contribution is 5.89. The summed E-state index contributed by atoms with van der Waals surface area (Å²) in [6.07, 6.45) is 2.47. The Morgan fingerprint density at radius 2 is 1.86 bits per heavy atom. The van der Waals surface area contributed by atoms with E-state index in [2.05, 4.69) is 65.7 Å². The fraction of sp³-hybridized carbons (Fsp3) is 0.263. The van der Waals surface area contributed by atoms with Gasteiger partial charge < -0.3 is 10.2 Å². The number of hydrogen-bond donors (Lipinski definition) is 1. The number of rotatable bonds is 2. The fourth-order valence-electron chi connectivity index (χ4n) is 3.53. The monoisotopic (exact) mass is 276 g/mol. The molecule has 0 aromatic heterocycles. The maximum absolute atomic E-state index is 3.64. The molecule has 106 valence electrons. The normalized spacial score (nSPS) is 16.7. The summed E-state index contributed by atoms with van der Waals surface area (Å²) in [5, 5.41) is 3.64. The lowest BCUT2D eigenvalue weighted by molar-refractivity contribution is 0.708. The minimum Gasteiger partial charge on any atom is -0.367 e. The van der Waals surface area contributed by atoms with Crippen LogP contribution in [0, 0.1) is 0 Å². The van der Waals surface area contributed by atoms with Gasteiger partial charge in [-0.1, -0.05) is 36.4 Å². The van der Waals surface area contributed by atoms with Crippen LogP contribution < -0.4 is 10.2 Å². The third-order valence-corrected chi connectivity index (χ3v) is 4.48. The summed E-state index contributed by atoms with van der Waals surface area (Å²) >= 11 is 0. The Balaban J connectivity index is 1.80. The molecule has 2 aliphatic heterocycles. The molecule has 2 aromatic rings. The molecular weight excluding hydrogens is 256 g/mol. The van der Waals surface area contributed by atoms with E-state index in [1.54, 1.807) is 0 Å². The van der Waals surface area contributed by atoms with Crippen LogP contribution in [0.2, 0.25) is 0 Å². The summed E-state index contributed by atoms with van der Waals surface area (Å²) in [4.78, 5) is 2.54. The van der Waals surface area contributed by atoms with Crippen LogP contribution in [0.4, 0.5) is 11.4 Å². The van der Waals surface area contributed by atoms with Gasteiger partial charge in [-0.2, -0.15) is 0 Å². The lowest BCUT2D eigenvalue weighted by Gasteiger charge is -2.38. The smallest absolute Gasteiger partial charge is 0.0496 e. The molecule has 0 spiro atoms. The molecule has 4 rings (SSSR count). The summed E-state index contributed by atoms with van der Waals surface area (Å²) in [6, 6.07) is 17.2. The summed E-state index contributed by atoms with van der Waals surface area (Å²) < 4.78 is 0. The third-order valence-electron chi connectivity index (χ3n) is 4.48. The number of para-hydroxylation sites is 2. The summed E-state index contributed by atoms with van der Waals surface area (Å²) in [7, 11) is 0. The van der Waals surface area contributed by atoms with Crippen LogP contribution in [-0.4, -0.2) is 13.1 Å². The second-order valence-corrected chi connectivity index (χ2v) is 5.98. The molecule has 21 heavy (non-hydrogen) atoms. The zero-order valence-electron chi connectivity index (χ0n) is 12.4. The first kappa shape index (κ1) is 12.5. The van der Waals surface area contributed by atoms with E-state index in [1.807, 2.05) is 0 Å². The van der Waals surface area contributed by atoms with Crippen molar-refractivity contribution < 1.29 is 0 Å². The average molecular weight is 276 g/mol. The van der Waals surface area contributed by atoms with E-state index in [-0.39, 0.29) is 0 Å². The van der Waals surface area contributed by atoms with E-state index >= 15 is 0 Å². The van der Waals surface area contributed by atoms with Gasteiger partial charge in [0.25, 0.3) is 0 Å². The van der Waals surface area contributed by atoms with E-state index in [0.717, 1.165) is 12.2 Å². The van der Waals surface area contributed by atoms with Crippen LogP contribution in [0.5, 0.6) is 0 Å². The molecule has 2 heteroatoms. The molecule has 2 heterocycles. The van der Waals surface area contributed by atoms with Gasteiger partial charge in [-0.3, -0.25) is 0 Å². The maximum Gasteiger partial charge on any atom is 0.0496 e. The number of nitrogens with zero attached hydrogens (tertiary/aromatic N) is 1. The van der Waals surface area contributed by atoms with Gasteiger partial charge in [0.2, 0.25) is 0 Å². The quantitative estimate of drug-likeness (QED) is 0.880. The van der Waals surface area contributed by atoms with Crippen LogP contribution in [-0.2, 0) is 6.42 Å². The molecule has 2 aromatic carbocycles. The topological polar surface area (TPSA) is 15.3 Å². The Bertz CT molecular complexity index is 701. The van der Waals surface area contributed by atoms with Crippen molar-refractivity contribution in [3.8, 4) is 0 Å². The van der Waals surface area contributed by atoms with Crippen molar-refractivity contribution in [1.82, 2.24) is 0 Å². The molecule has 0 aliphatic carbocycles. The highest BCUT2D eigenvalue weighted by Gasteiger charge is 2.27. The first-order valence-corrected chi connectivity index (χ1v) is 7.72. The van der Waals surface area contributed by atoms with E-state index in [4.69, 9.17) is 0 Å². The van der Waals surface area contributed by atoms with Crippen molar-refractivity contribution in [2.75, 3.05) is 23.3 Å². The lowest BCUT2D eigenvalue weighted by Crippen LogP contribution is -2.35. The molecule has 0 unspecified atom stereocenters. The fourth-order valence-corrected chi connectivity index (χ4v) is 3.53. The first-order chi connectivity index (χ1) is 10.3. The molecule has 2 aliphatic rings. The Hall–Kier alpha value is -2.22. The predicted octanol–water partition coefficient (Wildman–Crippen LogP) is 4.30. The largest absolute Gasteiger partial charge is 0.367 e. The highest BCUT2D eigenvalue weighted by Crippen LogP contribution is 2.40. The Labute approximate surface area is 126 Å². The second kappa shape index (κ2) is 4.96. The van der Waals surface area contributed by atoms with E-state index in [0.29, 0.717) is 0 Å². The van der Waals surface area contributed by atoms with Gasteiger partial charge >= 0.3 is 0 Å². The van der Waals surface area contributed by atoms with Crippen LogP contribution in [0.3, 0.4) is 0 Å². The van der Waals surface area contributed by atoms with Gasteiger partial charge in [0.15, 0.2) is 0 Å². The van der Waals surface area contributed by atoms with E-state index < -0.39 is 0 Å². The van der Waals surface area contributed by atoms with E-state index in [9.17, 15) is 0 Å². The SMILES string of the molecule is CC1=C(Nc2ccccc2)c2cccc3c2N(CCC3)C1. The number of aryl methyl sites for hydroxylation is 1. The Morgan fingerprint density at radius 3 is 2.71 bits per heavy atom. The lowest BCUT2D eigenvalue weighted by atomic mass is 9.91. The summed E-state index contributed by atoms with van der Waals surface area (Å²) in [5.41, 5.74) is 8.18. The van der Waals surface area contributed by atoms with Crippen molar-refractivity contribution >= 4 is 17.1 Å². The van der Waals surface area contributed by atoms with Gasteiger partial charge in [0.05, 0.1) is 0 Å². The molecule has 0 atom stereocenters. The van der Waals surface area contributed by atoms with Crippen molar-refractivity contribution in [1.29, 1.82) is 0 Å².